The molecule has 4 nitrogen and oxygen atoms in total. The quantitative estimate of drug-likeness (QED) is 0.910. The number of hydrogen-bond acceptors (Lipinski definition) is 2. The molecule has 0 aliphatic rings. The van der Waals surface area contributed by atoms with E-state index in [1.54, 1.807) is 18.3 Å². The van der Waals surface area contributed by atoms with Crippen molar-refractivity contribution in [1.82, 2.24) is 9.55 Å². The van der Waals surface area contributed by atoms with E-state index in [0.717, 1.165) is 11.4 Å². The van der Waals surface area contributed by atoms with Crippen LogP contribution in [0.2, 0.25) is 5.02 Å². The number of hydrogen-bond donors (Lipinski definition) is 1. The van der Waals surface area contributed by atoms with E-state index in [0.29, 0.717) is 10.7 Å². The summed E-state index contributed by atoms with van der Waals surface area (Å²) in [6.07, 6.45) is 1.65. The summed E-state index contributed by atoms with van der Waals surface area (Å²) in [6, 6.07) is 7.27. The molecule has 5 heteroatoms. The van der Waals surface area contributed by atoms with Crippen molar-refractivity contribution in [3.63, 3.8) is 0 Å². The van der Waals surface area contributed by atoms with Gasteiger partial charge < -0.3 is 9.67 Å². The zero-order valence-electron chi connectivity index (χ0n) is 9.22. The van der Waals surface area contributed by atoms with Gasteiger partial charge in [-0.05, 0) is 24.3 Å². The summed E-state index contributed by atoms with van der Waals surface area (Å²) < 4.78 is 1.81. The molecule has 0 saturated carbocycles. The molecule has 0 fully saturated rings. The van der Waals surface area contributed by atoms with Crippen LogP contribution in [0.3, 0.4) is 0 Å². The highest BCUT2D eigenvalue weighted by atomic mass is 35.5. The molecule has 0 aliphatic carbocycles. The molecule has 0 aliphatic heterocycles. The Bertz CT molecular complexity index is 546. The van der Waals surface area contributed by atoms with Crippen molar-refractivity contribution in [2.75, 3.05) is 0 Å². The lowest BCUT2D eigenvalue weighted by Crippen LogP contribution is -1.99. The van der Waals surface area contributed by atoms with E-state index in [2.05, 4.69) is 4.98 Å². The SMILES string of the molecule is Cn1cc(CC(=O)O)nc1-c1ccc(Cl)cc1. The van der Waals surface area contributed by atoms with Gasteiger partial charge in [-0.2, -0.15) is 0 Å². The highest BCUT2D eigenvalue weighted by Crippen LogP contribution is 2.20. The normalized spacial score (nSPS) is 10.5. The van der Waals surface area contributed by atoms with Crippen molar-refractivity contribution < 1.29 is 9.90 Å². The second-order valence-electron chi connectivity index (χ2n) is 3.74. The first-order chi connectivity index (χ1) is 8.06. The van der Waals surface area contributed by atoms with Crippen LogP contribution in [0.5, 0.6) is 0 Å². The van der Waals surface area contributed by atoms with Crippen LogP contribution in [0.25, 0.3) is 11.4 Å². The van der Waals surface area contributed by atoms with Gasteiger partial charge in [-0.25, -0.2) is 4.98 Å². The number of aliphatic carboxylic acids is 1. The predicted octanol–water partition coefficient (Wildman–Crippen LogP) is 2.37. The molecule has 0 saturated heterocycles. The van der Waals surface area contributed by atoms with Crippen LogP contribution in [0.1, 0.15) is 5.69 Å². The van der Waals surface area contributed by atoms with Crippen LogP contribution in [0, 0.1) is 0 Å². The molecule has 2 rings (SSSR count). The number of benzene rings is 1. The largest absolute Gasteiger partial charge is 0.481 e. The molecule has 0 atom stereocenters. The fraction of sp³-hybridized carbons (Fsp3) is 0.167. The Morgan fingerprint density at radius 1 is 1.41 bits per heavy atom. The molecule has 0 radical (unpaired) electrons. The van der Waals surface area contributed by atoms with Crippen LogP contribution in [0.4, 0.5) is 0 Å². The highest BCUT2D eigenvalue weighted by Gasteiger charge is 2.10. The van der Waals surface area contributed by atoms with E-state index in [-0.39, 0.29) is 6.42 Å². The predicted molar refractivity (Wildman–Crippen MR) is 65.0 cm³/mol. The van der Waals surface area contributed by atoms with Gasteiger partial charge in [-0.15, -0.1) is 0 Å². The molecule has 88 valence electrons. The van der Waals surface area contributed by atoms with Gasteiger partial charge >= 0.3 is 5.97 Å². The molecule has 0 unspecified atom stereocenters. The third kappa shape index (κ3) is 2.65. The van der Waals surface area contributed by atoms with E-state index < -0.39 is 5.97 Å². The van der Waals surface area contributed by atoms with Gasteiger partial charge in [0.25, 0.3) is 0 Å². The molecule has 0 amide bonds. The lowest BCUT2D eigenvalue weighted by atomic mass is 10.2. The van der Waals surface area contributed by atoms with Crippen molar-refractivity contribution in [2.24, 2.45) is 7.05 Å². The van der Waals surface area contributed by atoms with Gasteiger partial charge in [-0.3, -0.25) is 4.79 Å². The summed E-state index contributed by atoms with van der Waals surface area (Å²) in [4.78, 5) is 14.9. The van der Waals surface area contributed by atoms with Gasteiger partial charge in [0.1, 0.15) is 5.82 Å². The summed E-state index contributed by atoms with van der Waals surface area (Å²) in [5.41, 5.74) is 1.46. The molecule has 0 spiro atoms. The number of halogens is 1. The zero-order valence-corrected chi connectivity index (χ0v) is 9.98. The van der Waals surface area contributed by atoms with E-state index in [4.69, 9.17) is 16.7 Å². The molecule has 17 heavy (non-hydrogen) atoms. The standard InChI is InChI=1S/C12H11ClN2O2/c1-15-7-10(6-11(16)17)14-12(15)8-2-4-9(13)5-3-8/h2-5,7H,6H2,1H3,(H,16,17). The minimum absolute atomic E-state index is 0.0680. The Morgan fingerprint density at radius 3 is 2.65 bits per heavy atom. The Labute approximate surface area is 103 Å². The summed E-state index contributed by atoms with van der Waals surface area (Å²) in [5, 5.41) is 9.37. The van der Waals surface area contributed by atoms with E-state index in [9.17, 15) is 4.79 Å². The monoisotopic (exact) mass is 250 g/mol. The Balaban J connectivity index is 2.35. The van der Waals surface area contributed by atoms with Crippen LogP contribution in [-0.2, 0) is 18.3 Å². The number of carbonyl (C=O) groups is 1. The molecule has 1 aromatic heterocycles. The maximum absolute atomic E-state index is 10.6. The molecule has 1 heterocycles. The van der Waals surface area contributed by atoms with Crippen LogP contribution in [0.15, 0.2) is 30.5 Å². The van der Waals surface area contributed by atoms with Crippen LogP contribution < -0.4 is 0 Å². The second kappa shape index (κ2) is 4.59. The Hall–Kier alpha value is -1.81. The summed E-state index contributed by atoms with van der Waals surface area (Å²) in [6.45, 7) is 0. The Kier molecular flexibility index (Phi) is 3.15. The summed E-state index contributed by atoms with van der Waals surface area (Å²) >= 11 is 5.81. The lowest BCUT2D eigenvalue weighted by molar-refractivity contribution is -0.136. The minimum Gasteiger partial charge on any atom is -0.481 e. The smallest absolute Gasteiger partial charge is 0.309 e. The average molecular weight is 251 g/mol. The first kappa shape index (κ1) is 11.7. The molecule has 0 bridgehead atoms. The van der Waals surface area contributed by atoms with Gasteiger partial charge in [0.15, 0.2) is 0 Å². The summed E-state index contributed by atoms with van der Waals surface area (Å²) in [7, 11) is 1.84. The minimum atomic E-state index is -0.884. The summed E-state index contributed by atoms with van der Waals surface area (Å²) in [5.74, 6) is -0.149. The van der Waals surface area contributed by atoms with Crippen molar-refractivity contribution in [3.05, 3.63) is 41.2 Å². The van der Waals surface area contributed by atoms with E-state index >= 15 is 0 Å². The fourth-order valence-corrected chi connectivity index (χ4v) is 1.76. The Morgan fingerprint density at radius 2 is 2.06 bits per heavy atom. The van der Waals surface area contributed by atoms with Gasteiger partial charge in [-0.1, -0.05) is 11.6 Å². The highest BCUT2D eigenvalue weighted by molar-refractivity contribution is 6.30. The second-order valence-corrected chi connectivity index (χ2v) is 4.18. The third-order valence-electron chi connectivity index (χ3n) is 2.36. The number of nitrogens with zero attached hydrogens (tertiary/aromatic N) is 2. The number of rotatable bonds is 3. The third-order valence-corrected chi connectivity index (χ3v) is 2.61. The van der Waals surface area contributed by atoms with Crippen molar-refractivity contribution in [2.45, 2.75) is 6.42 Å². The van der Waals surface area contributed by atoms with E-state index in [1.165, 1.54) is 0 Å². The van der Waals surface area contributed by atoms with Gasteiger partial charge in [0.2, 0.25) is 0 Å². The number of carboxylic acids is 1. The van der Waals surface area contributed by atoms with Crippen molar-refractivity contribution >= 4 is 17.6 Å². The topological polar surface area (TPSA) is 55.1 Å². The number of aromatic nitrogens is 2. The fourth-order valence-electron chi connectivity index (χ4n) is 1.64. The first-order valence-corrected chi connectivity index (χ1v) is 5.44. The maximum atomic E-state index is 10.6. The van der Waals surface area contributed by atoms with Crippen molar-refractivity contribution in [1.29, 1.82) is 0 Å². The van der Waals surface area contributed by atoms with Crippen LogP contribution in [-0.4, -0.2) is 20.6 Å². The number of carboxylic acid groups (broad SMARTS) is 1. The van der Waals surface area contributed by atoms with Gasteiger partial charge in [0.05, 0.1) is 12.1 Å². The average Bonchev–Trinajstić information content (AvgIpc) is 2.59. The number of aryl methyl sites for hydroxylation is 1. The maximum Gasteiger partial charge on any atom is 0.309 e. The van der Waals surface area contributed by atoms with Crippen molar-refractivity contribution in [3.8, 4) is 11.4 Å². The lowest BCUT2D eigenvalue weighted by Gasteiger charge is -2.00. The molecule has 1 aromatic carbocycles. The first-order valence-electron chi connectivity index (χ1n) is 5.06. The number of imidazole rings is 1. The van der Waals surface area contributed by atoms with E-state index in [1.807, 2.05) is 23.7 Å². The van der Waals surface area contributed by atoms with Crippen LogP contribution >= 0.6 is 11.6 Å². The zero-order chi connectivity index (χ0) is 12.4. The molecule has 1 N–H and O–H groups in total. The molecule has 2 aromatic rings. The molecular formula is C12H11ClN2O2. The van der Waals surface area contributed by atoms with Gasteiger partial charge in [0, 0.05) is 23.8 Å². The molecular weight excluding hydrogens is 240 g/mol.